The molecule has 1 amide bonds. The summed E-state index contributed by atoms with van der Waals surface area (Å²) in [6.45, 7) is 1.25. The van der Waals surface area contributed by atoms with Crippen LogP contribution in [0.5, 0.6) is 0 Å². The van der Waals surface area contributed by atoms with E-state index in [9.17, 15) is 21.6 Å². The van der Waals surface area contributed by atoms with Crippen LogP contribution >= 0.6 is 24.0 Å². The highest BCUT2D eigenvalue weighted by Gasteiger charge is 2.42. The molecule has 1 unspecified atom stereocenters. The molecule has 3 aromatic rings. The molecule has 10 nitrogen and oxygen atoms in total. The maximum atomic E-state index is 13.4. The summed E-state index contributed by atoms with van der Waals surface area (Å²) in [7, 11) is -6.95. The number of carbonyl (C=O) groups excluding carboxylic acids is 1. The maximum Gasteiger partial charge on any atom is 0.266 e. The van der Waals surface area contributed by atoms with Crippen molar-refractivity contribution >= 4 is 60.1 Å². The number of carbonyl (C=O) groups is 1. The van der Waals surface area contributed by atoms with Crippen LogP contribution in [0.2, 0.25) is 0 Å². The lowest BCUT2D eigenvalue weighted by molar-refractivity contribution is -0.123. The van der Waals surface area contributed by atoms with Gasteiger partial charge in [0, 0.05) is 30.4 Å². The van der Waals surface area contributed by atoms with E-state index in [0.29, 0.717) is 45.7 Å². The van der Waals surface area contributed by atoms with E-state index in [1.165, 1.54) is 9.21 Å². The van der Waals surface area contributed by atoms with Crippen molar-refractivity contribution in [1.82, 2.24) is 19.0 Å². The third-order valence-electron chi connectivity index (χ3n) is 7.16. The molecule has 0 spiro atoms. The zero-order chi connectivity index (χ0) is 28.8. The molecule has 0 radical (unpaired) electrons. The first-order valence-electron chi connectivity index (χ1n) is 12.9. The fraction of sp³-hybridized carbons (Fsp3) is 0.296. The molecule has 0 N–H and O–H groups in total. The van der Waals surface area contributed by atoms with Gasteiger partial charge in [-0.2, -0.15) is 9.40 Å². The summed E-state index contributed by atoms with van der Waals surface area (Å²) in [6, 6.07) is 15.6. The molecule has 3 fully saturated rings. The third kappa shape index (κ3) is 5.64. The minimum absolute atomic E-state index is 0.0332. The quantitative estimate of drug-likeness (QED) is 0.299. The number of para-hydroxylation sites is 1. The molecule has 6 rings (SSSR count). The number of nitrogens with zero attached hydrogens (tertiary/aromatic N) is 4. The maximum absolute atomic E-state index is 13.4. The zero-order valence-electron chi connectivity index (χ0n) is 21.7. The van der Waals surface area contributed by atoms with E-state index in [0.717, 1.165) is 17.4 Å². The Morgan fingerprint density at radius 3 is 2.54 bits per heavy atom. The summed E-state index contributed by atoms with van der Waals surface area (Å²) < 4.78 is 59.6. The Labute approximate surface area is 247 Å². The van der Waals surface area contributed by atoms with Crippen LogP contribution in [0.4, 0.5) is 0 Å². The van der Waals surface area contributed by atoms with E-state index < -0.39 is 25.9 Å². The van der Waals surface area contributed by atoms with E-state index in [1.807, 2.05) is 30.3 Å². The smallest absolute Gasteiger partial charge is 0.266 e. The second kappa shape index (κ2) is 11.1. The highest BCUT2D eigenvalue weighted by Crippen LogP contribution is 2.38. The average molecular weight is 631 g/mol. The Morgan fingerprint density at radius 2 is 1.83 bits per heavy atom. The van der Waals surface area contributed by atoms with E-state index in [4.69, 9.17) is 22.1 Å². The molecule has 14 heteroatoms. The van der Waals surface area contributed by atoms with Crippen molar-refractivity contribution in [3.05, 3.63) is 71.3 Å². The number of thioether (sulfide) groups is 1. The van der Waals surface area contributed by atoms with Crippen molar-refractivity contribution in [1.29, 1.82) is 0 Å². The van der Waals surface area contributed by atoms with Gasteiger partial charge in [-0.05, 0) is 36.8 Å². The average Bonchev–Trinajstić information content (AvgIpc) is 3.64. The second-order valence-electron chi connectivity index (χ2n) is 9.87. The molecule has 214 valence electrons. The van der Waals surface area contributed by atoms with Gasteiger partial charge in [-0.3, -0.25) is 9.69 Å². The van der Waals surface area contributed by atoms with Crippen molar-refractivity contribution in [3.63, 3.8) is 0 Å². The highest BCUT2D eigenvalue weighted by molar-refractivity contribution is 8.26. The van der Waals surface area contributed by atoms with Crippen molar-refractivity contribution in [3.8, 4) is 16.9 Å². The Kier molecular flexibility index (Phi) is 7.63. The number of hydrogen-bond donors (Lipinski definition) is 0. The molecule has 1 atom stereocenters. The number of amides is 1. The second-order valence-corrected chi connectivity index (χ2v) is 15.7. The fourth-order valence-corrected chi connectivity index (χ4v) is 9.63. The SMILES string of the molecule is O=C1/C(=C/c2cn(-c3ccccc3)nc2-c2cccc(S(=O)(=O)N3CCOCC3)c2)SC(=S)N1C1CCS(=O)(=O)C1. The van der Waals surface area contributed by atoms with Crippen LogP contribution in [-0.4, -0.2) is 89.9 Å². The van der Waals surface area contributed by atoms with Gasteiger partial charge in [-0.15, -0.1) is 0 Å². The highest BCUT2D eigenvalue weighted by atomic mass is 32.2. The number of sulfonamides is 1. The van der Waals surface area contributed by atoms with Crippen LogP contribution in [-0.2, 0) is 29.4 Å². The van der Waals surface area contributed by atoms with Crippen LogP contribution < -0.4 is 0 Å². The minimum atomic E-state index is -3.74. The predicted molar refractivity (Wildman–Crippen MR) is 161 cm³/mol. The Morgan fingerprint density at radius 1 is 1.07 bits per heavy atom. The molecule has 3 aliphatic heterocycles. The first-order valence-corrected chi connectivity index (χ1v) is 17.4. The molecule has 0 aliphatic carbocycles. The molecular weight excluding hydrogens is 605 g/mol. The summed E-state index contributed by atoms with van der Waals surface area (Å²) in [6.07, 6.45) is 3.82. The number of morpholine rings is 1. The van der Waals surface area contributed by atoms with Gasteiger partial charge in [0.15, 0.2) is 9.84 Å². The molecule has 0 bridgehead atoms. The summed E-state index contributed by atoms with van der Waals surface area (Å²) >= 11 is 6.60. The lowest BCUT2D eigenvalue weighted by atomic mass is 10.1. The van der Waals surface area contributed by atoms with Crippen LogP contribution in [0.25, 0.3) is 23.0 Å². The van der Waals surface area contributed by atoms with E-state index >= 15 is 0 Å². The largest absolute Gasteiger partial charge is 0.379 e. The van der Waals surface area contributed by atoms with E-state index in [2.05, 4.69) is 0 Å². The number of thiocarbonyl (C=S) groups is 1. The molecule has 2 aromatic carbocycles. The molecular formula is C27H26N4O6S4. The third-order valence-corrected chi connectivity index (χ3v) is 12.1. The first kappa shape index (κ1) is 28.2. The number of sulfone groups is 1. The number of hydrogen-bond acceptors (Lipinski definition) is 9. The summed E-state index contributed by atoms with van der Waals surface area (Å²) in [5.74, 6) is -0.413. The molecule has 3 aliphatic rings. The molecule has 3 saturated heterocycles. The van der Waals surface area contributed by atoms with Gasteiger partial charge in [0.1, 0.15) is 10.0 Å². The number of benzene rings is 2. The van der Waals surface area contributed by atoms with Gasteiger partial charge < -0.3 is 4.74 Å². The van der Waals surface area contributed by atoms with E-state index in [-0.39, 0.29) is 35.4 Å². The standard InChI is InChI=1S/C27H26N4O6S4/c32-26-24(39-27(38)31(26)22-9-14-40(33,34)18-22)16-20-17-30(21-6-2-1-3-7-21)28-25(20)19-5-4-8-23(15-19)41(35,36)29-10-12-37-13-11-29/h1-8,15-17,22H,9-14,18H2/b24-16-. The number of ether oxygens (including phenoxy) is 1. The van der Waals surface area contributed by atoms with Crippen molar-refractivity contribution in [2.24, 2.45) is 0 Å². The van der Waals surface area contributed by atoms with Gasteiger partial charge in [0.2, 0.25) is 10.0 Å². The van der Waals surface area contributed by atoms with Gasteiger partial charge >= 0.3 is 0 Å². The van der Waals surface area contributed by atoms with Crippen LogP contribution in [0, 0.1) is 0 Å². The van der Waals surface area contributed by atoms with Crippen molar-refractivity contribution < 1.29 is 26.4 Å². The van der Waals surface area contributed by atoms with Crippen molar-refractivity contribution in [2.75, 3.05) is 37.8 Å². The molecule has 0 saturated carbocycles. The Bertz CT molecular complexity index is 1760. The van der Waals surface area contributed by atoms with Crippen LogP contribution in [0.3, 0.4) is 0 Å². The summed E-state index contributed by atoms with van der Waals surface area (Å²) in [4.78, 5) is 15.3. The molecule has 1 aromatic heterocycles. The monoisotopic (exact) mass is 630 g/mol. The number of rotatable bonds is 6. The normalized spacial score (nSPS) is 22.6. The lowest BCUT2D eigenvalue weighted by Crippen LogP contribution is -2.40. The molecule has 41 heavy (non-hydrogen) atoms. The van der Waals surface area contributed by atoms with Gasteiger partial charge in [-0.25, -0.2) is 21.5 Å². The minimum Gasteiger partial charge on any atom is -0.379 e. The fourth-order valence-electron chi connectivity index (χ4n) is 5.08. The van der Waals surface area contributed by atoms with Crippen molar-refractivity contribution in [2.45, 2.75) is 17.4 Å². The predicted octanol–water partition coefficient (Wildman–Crippen LogP) is 2.95. The zero-order valence-corrected chi connectivity index (χ0v) is 25.0. The topological polar surface area (TPSA) is 119 Å². The Balaban J connectivity index is 1.40. The summed E-state index contributed by atoms with van der Waals surface area (Å²) in [5, 5.41) is 4.79. The number of aromatic nitrogens is 2. The Hall–Kier alpha value is -2.88. The van der Waals surface area contributed by atoms with Gasteiger partial charge in [-0.1, -0.05) is 54.3 Å². The van der Waals surface area contributed by atoms with Crippen LogP contribution in [0.15, 0.2) is 70.6 Å². The lowest BCUT2D eigenvalue weighted by Gasteiger charge is -2.26. The molecule has 4 heterocycles. The van der Waals surface area contributed by atoms with E-state index in [1.54, 1.807) is 41.2 Å². The van der Waals surface area contributed by atoms with Gasteiger partial charge in [0.05, 0.1) is 46.2 Å². The summed E-state index contributed by atoms with van der Waals surface area (Å²) in [5.41, 5.74) is 2.43. The first-order chi connectivity index (χ1) is 19.6. The van der Waals surface area contributed by atoms with Crippen LogP contribution in [0.1, 0.15) is 12.0 Å². The van der Waals surface area contributed by atoms with Gasteiger partial charge in [0.25, 0.3) is 5.91 Å².